The van der Waals surface area contributed by atoms with Crippen molar-refractivity contribution in [2.24, 2.45) is 0 Å². The number of aliphatic hydroxyl groups excluding tert-OH is 1. The van der Waals surface area contributed by atoms with E-state index >= 15 is 0 Å². The van der Waals surface area contributed by atoms with Crippen molar-refractivity contribution in [3.8, 4) is 11.4 Å². The first-order valence-electron chi connectivity index (χ1n) is 12.9. The average Bonchev–Trinajstić information content (AvgIpc) is 2.97. The highest BCUT2D eigenvalue weighted by Crippen LogP contribution is 2.26. The fourth-order valence-corrected chi connectivity index (χ4v) is 4.22. The second-order valence-corrected chi connectivity index (χ2v) is 9.50. The molecule has 0 radical (unpaired) electrons. The summed E-state index contributed by atoms with van der Waals surface area (Å²) in [6, 6.07) is 11.0. The predicted octanol–water partition coefficient (Wildman–Crippen LogP) is 2.48. The first kappa shape index (κ1) is 27.1. The van der Waals surface area contributed by atoms with Crippen LogP contribution in [0.25, 0.3) is 22.3 Å². The molecule has 1 aliphatic rings. The van der Waals surface area contributed by atoms with Crippen LogP contribution in [0.3, 0.4) is 0 Å². The number of rotatable bonds is 9. The maximum atomic E-state index is 12.3. The molecule has 0 bridgehead atoms. The van der Waals surface area contributed by atoms with E-state index in [2.05, 4.69) is 30.5 Å². The number of fused-ring (bicyclic) bond motifs is 1. The van der Waals surface area contributed by atoms with E-state index in [1.54, 1.807) is 36.8 Å². The standard InChI is InChI=1S/C28H31N9O3/c1-36(2)12-4-7-25(39)32-20-9-11-29-22(15-20)27-26-19(8-10-30-27)16-31-28(35-26)34-23-5-3-6-24(33-23)37-13-14-40-21(17-37)18-38/h3-11,15-16,21,38H,12-14,17-18H2,1-2H3,(H,29,32,39)(H,31,33,34,35)/b7-4+. The molecule has 12 nitrogen and oxygen atoms in total. The Kier molecular flexibility index (Phi) is 8.50. The number of pyridine rings is 3. The Bertz CT molecular complexity index is 1510. The Morgan fingerprint density at radius 3 is 2.90 bits per heavy atom. The summed E-state index contributed by atoms with van der Waals surface area (Å²) in [7, 11) is 3.87. The Hall–Kier alpha value is -4.52. The van der Waals surface area contributed by atoms with E-state index in [0.29, 0.717) is 60.6 Å². The van der Waals surface area contributed by atoms with Crippen molar-refractivity contribution in [3.63, 3.8) is 0 Å². The van der Waals surface area contributed by atoms with E-state index in [1.165, 1.54) is 6.08 Å². The van der Waals surface area contributed by atoms with Gasteiger partial charge >= 0.3 is 0 Å². The number of amides is 1. The maximum Gasteiger partial charge on any atom is 0.248 e. The summed E-state index contributed by atoms with van der Waals surface area (Å²) in [6.45, 7) is 2.41. The number of morpholine rings is 1. The first-order chi connectivity index (χ1) is 19.5. The van der Waals surface area contributed by atoms with Gasteiger partial charge in [-0.2, -0.15) is 0 Å². The SMILES string of the molecule is CN(C)C/C=C/C(=O)Nc1ccnc(-c2nccc3cnc(Nc4cccc(N5CCOC(CO)C5)n4)nc23)c1. The molecule has 40 heavy (non-hydrogen) atoms. The minimum absolute atomic E-state index is 0.0340. The van der Waals surface area contributed by atoms with Crippen molar-refractivity contribution in [3.05, 3.63) is 67.1 Å². The molecule has 1 saturated heterocycles. The van der Waals surface area contributed by atoms with Crippen molar-refractivity contribution in [2.45, 2.75) is 6.10 Å². The van der Waals surface area contributed by atoms with E-state index in [9.17, 15) is 9.90 Å². The van der Waals surface area contributed by atoms with Crippen LogP contribution in [0.1, 0.15) is 0 Å². The third kappa shape index (κ3) is 6.72. The van der Waals surface area contributed by atoms with Crippen LogP contribution in [0.2, 0.25) is 0 Å². The Balaban J connectivity index is 1.37. The molecule has 5 heterocycles. The van der Waals surface area contributed by atoms with Crippen molar-refractivity contribution >= 4 is 40.1 Å². The molecule has 1 unspecified atom stereocenters. The van der Waals surface area contributed by atoms with Crippen LogP contribution in [0.15, 0.2) is 67.1 Å². The number of likely N-dealkylation sites (N-methyl/N-ethyl adjacent to an activating group) is 1. The number of aromatic nitrogens is 5. The number of hydrogen-bond donors (Lipinski definition) is 3. The van der Waals surface area contributed by atoms with Gasteiger partial charge in [-0.1, -0.05) is 12.1 Å². The number of aliphatic hydroxyl groups is 1. The van der Waals surface area contributed by atoms with Gasteiger partial charge in [-0.05, 0) is 44.4 Å². The molecule has 12 heteroatoms. The number of ether oxygens (including phenoxy) is 1. The molecule has 1 aliphatic heterocycles. The molecule has 0 saturated carbocycles. The molecule has 1 atom stereocenters. The third-order valence-corrected chi connectivity index (χ3v) is 6.15. The largest absolute Gasteiger partial charge is 0.394 e. The fraction of sp³-hybridized carbons (Fsp3) is 0.286. The van der Waals surface area contributed by atoms with Crippen LogP contribution in [-0.4, -0.2) is 93.9 Å². The number of carbonyl (C=O) groups excluding carboxylic acids is 1. The number of anilines is 4. The lowest BCUT2D eigenvalue weighted by atomic mass is 10.1. The Labute approximate surface area is 231 Å². The summed E-state index contributed by atoms with van der Waals surface area (Å²) in [6.07, 6.45) is 8.09. The van der Waals surface area contributed by atoms with Crippen LogP contribution >= 0.6 is 0 Å². The summed E-state index contributed by atoms with van der Waals surface area (Å²) in [5, 5.41) is 16.3. The van der Waals surface area contributed by atoms with Gasteiger partial charge < -0.3 is 30.3 Å². The summed E-state index contributed by atoms with van der Waals surface area (Å²) in [5.74, 6) is 1.49. The third-order valence-electron chi connectivity index (χ3n) is 6.15. The molecule has 1 fully saturated rings. The normalized spacial score (nSPS) is 15.6. The number of carbonyl (C=O) groups is 1. The van der Waals surface area contributed by atoms with E-state index in [4.69, 9.17) is 14.7 Å². The van der Waals surface area contributed by atoms with Gasteiger partial charge in [0, 0.05) is 55.4 Å². The Morgan fingerprint density at radius 1 is 1.18 bits per heavy atom. The van der Waals surface area contributed by atoms with Crippen LogP contribution in [0, 0.1) is 0 Å². The van der Waals surface area contributed by atoms with Crippen molar-refractivity contribution in [1.29, 1.82) is 0 Å². The molecule has 206 valence electrons. The van der Waals surface area contributed by atoms with Gasteiger partial charge in [0.15, 0.2) is 0 Å². The highest BCUT2D eigenvalue weighted by Gasteiger charge is 2.21. The van der Waals surface area contributed by atoms with E-state index < -0.39 is 0 Å². The van der Waals surface area contributed by atoms with Gasteiger partial charge in [0.25, 0.3) is 0 Å². The van der Waals surface area contributed by atoms with Crippen molar-refractivity contribution in [2.75, 3.05) is 62.5 Å². The van der Waals surface area contributed by atoms with Crippen LogP contribution < -0.4 is 15.5 Å². The molecule has 5 rings (SSSR count). The van der Waals surface area contributed by atoms with E-state index in [1.807, 2.05) is 43.3 Å². The number of nitrogens with zero attached hydrogens (tertiary/aromatic N) is 7. The molecule has 0 spiro atoms. The van der Waals surface area contributed by atoms with Gasteiger partial charge in [0.1, 0.15) is 22.8 Å². The summed E-state index contributed by atoms with van der Waals surface area (Å²) in [4.78, 5) is 39.3. The molecular weight excluding hydrogens is 510 g/mol. The lowest BCUT2D eigenvalue weighted by Gasteiger charge is -2.33. The zero-order valence-corrected chi connectivity index (χ0v) is 22.4. The first-order valence-corrected chi connectivity index (χ1v) is 12.9. The maximum absolute atomic E-state index is 12.3. The van der Waals surface area contributed by atoms with Crippen molar-refractivity contribution < 1.29 is 14.6 Å². The number of hydrogen-bond acceptors (Lipinski definition) is 11. The van der Waals surface area contributed by atoms with Crippen LogP contribution in [0.4, 0.5) is 23.3 Å². The quantitative estimate of drug-likeness (QED) is 0.269. The second kappa shape index (κ2) is 12.6. The zero-order valence-electron chi connectivity index (χ0n) is 22.4. The summed E-state index contributed by atoms with van der Waals surface area (Å²) < 4.78 is 5.55. The smallest absolute Gasteiger partial charge is 0.248 e. The predicted molar refractivity (Wildman–Crippen MR) is 153 cm³/mol. The van der Waals surface area contributed by atoms with Gasteiger partial charge in [-0.3, -0.25) is 14.8 Å². The average molecular weight is 542 g/mol. The van der Waals surface area contributed by atoms with E-state index in [0.717, 1.165) is 11.2 Å². The minimum atomic E-state index is -0.234. The highest BCUT2D eigenvalue weighted by molar-refractivity contribution is 6.00. The van der Waals surface area contributed by atoms with E-state index in [-0.39, 0.29) is 18.6 Å². The minimum Gasteiger partial charge on any atom is -0.394 e. The topological polar surface area (TPSA) is 142 Å². The lowest BCUT2D eigenvalue weighted by molar-refractivity contribution is -0.111. The second-order valence-electron chi connectivity index (χ2n) is 9.50. The van der Waals surface area contributed by atoms with Gasteiger partial charge in [0.2, 0.25) is 11.9 Å². The van der Waals surface area contributed by atoms with Crippen molar-refractivity contribution in [1.82, 2.24) is 29.8 Å². The van der Waals surface area contributed by atoms with Crippen LogP contribution in [0.5, 0.6) is 0 Å². The molecule has 0 aliphatic carbocycles. The van der Waals surface area contributed by atoms with Gasteiger partial charge in [0.05, 0.1) is 25.0 Å². The van der Waals surface area contributed by atoms with Gasteiger partial charge in [-0.15, -0.1) is 0 Å². The fourth-order valence-electron chi connectivity index (χ4n) is 4.22. The molecule has 1 amide bonds. The molecular formula is C28H31N9O3. The summed E-state index contributed by atoms with van der Waals surface area (Å²) >= 11 is 0. The highest BCUT2D eigenvalue weighted by atomic mass is 16.5. The monoisotopic (exact) mass is 541 g/mol. The van der Waals surface area contributed by atoms with Gasteiger partial charge in [-0.25, -0.2) is 15.0 Å². The number of nitrogens with one attached hydrogen (secondary N) is 2. The molecule has 0 aromatic carbocycles. The zero-order chi connectivity index (χ0) is 27.9. The van der Waals surface area contributed by atoms with Crippen LogP contribution in [-0.2, 0) is 9.53 Å². The lowest BCUT2D eigenvalue weighted by Crippen LogP contribution is -2.44. The summed E-state index contributed by atoms with van der Waals surface area (Å²) in [5.41, 5.74) is 2.34. The molecule has 3 N–H and O–H groups in total. The molecule has 4 aromatic heterocycles. The Morgan fingerprint density at radius 2 is 2.05 bits per heavy atom. The molecule has 4 aromatic rings.